The van der Waals surface area contributed by atoms with Gasteiger partial charge in [0.2, 0.25) is 5.91 Å². The minimum atomic E-state index is -4.06. The lowest BCUT2D eigenvalue weighted by Gasteiger charge is -2.25. The highest BCUT2D eigenvalue weighted by Gasteiger charge is 2.27. The number of carbonyl (C=O) groups is 1. The summed E-state index contributed by atoms with van der Waals surface area (Å²) in [5.74, 6) is -1.08. The van der Waals surface area contributed by atoms with Crippen LogP contribution in [0.25, 0.3) is 0 Å². The van der Waals surface area contributed by atoms with Crippen LogP contribution in [-0.4, -0.2) is 20.9 Å². The lowest BCUT2D eigenvalue weighted by Crippen LogP contribution is -2.41. The zero-order valence-corrected chi connectivity index (χ0v) is 16.6. The molecule has 0 heterocycles. The van der Waals surface area contributed by atoms with Crippen LogP contribution >= 0.6 is 0 Å². The molecule has 0 radical (unpaired) electrons. The SMILES string of the molecule is C[C@H](NC(=O)CN(c1cccc(F)c1)S(=O)(=O)c1ccccc1)c1ccccc1. The molecule has 3 rings (SSSR count). The first-order chi connectivity index (χ1) is 13.9. The van der Waals surface area contributed by atoms with Crippen molar-refractivity contribution < 1.29 is 17.6 Å². The highest BCUT2D eigenvalue weighted by molar-refractivity contribution is 7.92. The molecule has 0 fully saturated rings. The second-order valence-corrected chi connectivity index (χ2v) is 8.37. The minimum Gasteiger partial charge on any atom is -0.348 e. The van der Waals surface area contributed by atoms with E-state index in [0.717, 1.165) is 15.9 Å². The van der Waals surface area contributed by atoms with E-state index in [0.29, 0.717) is 0 Å². The molecular weight excluding hydrogens is 391 g/mol. The normalized spacial score (nSPS) is 12.2. The molecule has 0 aliphatic rings. The van der Waals surface area contributed by atoms with Crippen molar-refractivity contribution in [2.24, 2.45) is 0 Å². The Hall–Kier alpha value is -3.19. The monoisotopic (exact) mass is 412 g/mol. The lowest BCUT2D eigenvalue weighted by atomic mass is 10.1. The Morgan fingerprint density at radius 3 is 2.21 bits per heavy atom. The van der Waals surface area contributed by atoms with Gasteiger partial charge in [-0.25, -0.2) is 12.8 Å². The molecule has 1 N–H and O–H groups in total. The van der Waals surface area contributed by atoms with Gasteiger partial charge in [0.1, 0.15) is 12.4 Å². The summed E-state index contributed by atoms with van der Waals surface area (Å²) in [5.41, 5.74) is 0.973. The highest BCUT2D eigenvalue weighted by Crippen LogP contribution is 2.24. The predicted molar refractivity (Wildman–Crippen MR) is 110 cm³/mol. The van der Waals surface area contributed by atoms with E-state index in [1.165, 1.54) is 30.3 Å². The maximum Gasteiger partial charge on any atom is 0.264 e. The van der Waals surface area contributed by atoms with Crippen molar-refractivity contribution in [1.29, 1.82) is 0 Å². The third kappa shape index (κ3) is 5.00. The Bertz CT molecular complexity index is 1070. The van der Waals surface area contributed by atoms with Crippen LogP contribution in [-0.2, 0) is 14.8 Å². The van der Waals surface area contributed by atoms with Crippen LogP contribution in [0.2, 0.25) is 0 Å². The summed E-state index contributed by atoms with van der Waals surface area (Å²) in [7, 11) is -4.06. The third-order valence-electron chi connectivity index (χ3n) is 4.39. The van der Waals surface area contributed by atoms with Gasteiger partial charge in [-0.15, -0.1) is 0 Å². The van der Waals surface area contributed by atoms with Gasteiger partial charge in [-0.05, 0) is 42.8 Å². The molecular formula is C22H21FN2O3S. The zero-order chi connectivity index (χ0) is 20.9. The maximum atomic E-state index is 13.8. The molecule has 0 spiro atoms. The molecule has 0 aromatic heterocycles. The van der Waals surface area contributed by atoms with Crippen molar-refractivity contribution in [2.75, 3.05) is 10.8 Å². The van der Waals surface area contributed by atoms with Gasteiger partial charge in [-0.3, -0.25) is 9.10 Å². The van der Waals surface area contributed by atoms with E-state index in [4.69, 9.17) is 0 Å². The van der Waals surface area contributed by atoms with Gasteiger partial charge in [0.25, 0.3) is 10.0 Å². The summed E-state index contributed by atoms with van der Waals surface area (Å²) in [6, 6.07) is 21.9. The van der Waals surface area contributed by atoms with Gasteiger partial charge in [0.15, 0.2) is 0 Å². The lowest BCUT2D eigenvalue weighted by molar-refractivity contribution is -0.120. The number of nitrogens with one attached hydrogen (secondary N) is 1. The summed E-state index contributed by atoms with van der Waals surface area (Å²) < 4.78 is 41.0. The van der Waals surface area contributed by atoms with Gasteiger partial charge in [0.05, 0.1) is 16.6 Å². The quantitative estimate of drug-likeness (QED) is 0.640. The molecule has 0 saturated carbocycles. The number of carbonyl (C=O) groups excluding carboxylic acids is 1. The van der Waals surface area contributed by atoms with Crippen molar-refractivity contribution in [1.82, 2.24) is 5.32 Å². The van der Waals surface area contributed by atoms with E-state index in [1.807, 2.05) is 37.3 Å². The van der Waals surface area contributed by atoms with Gasteiger partial charge in [-0.2, -0.15) is 0 Å². The first kappa shape index (κ1) is 20.5. The van der Waals surface area contributed by atoms with Gasteiger partial charge >= 0.3 is 0 Å². The van der Waals surface area contributed by atoms with E-state index in [-0.39, 0.29) is 16.6 Å². The van der Waals surface area contributed by atoms with Gasteiger partial charge in [0, 0.05) is 0 Å². The molecule has 0 aliphatic heterocycles. The standard InChI is InChI=1S/C22H21FN2O3S/c1-17(18-9-4-2-5-10-18)24-22(26)16-25(20-12-8-11-19(23)15-20)29(27,28)21-13-6-3-7-14-21/h2-15,17H,16H2,1H3,(H,24,26)/t17-/m0/s1. The Morgan fingerprint density at radius 2 is 1.59 bits per heavy atom. The number of benzene rings is 3. The highest BCUT2D eigenvalue weighted by atomic mass is 32.2. The van der Waals surface area contributed by atoms with Crippen molar-refractivity contribution in [2.45, 2.75) is 17.9 Å². The van der Waals surface area contributed by atoms with E-state index >= 15 is 0 Å². The first-order valence-corrected chi connectivity index (χ1v) is 10.5. The molecule has 3 aromatic rings. The minimum absolute atomic E-state index is 0.0215. The second-order valence-electron chi connectivity index (χ2n) is 6.50. The molecule has 0 aliphatic carbocycles. The molecule has 5 nitrogen and oxygen atoms in total. The molecule has 3 aromatic carbocycles. The number of nitrogens with zero attached hydrogens (tertiary/aromatic N) is 1. The van der Waals surface area contributed by atoms with Crippen LogP contribution in [0.15, 0.2) is 89.8 Å². The molecule has 150 valence electrons. The average molecular weight is 412 g/mol. The fraction of sp³-hybridized carbons (Fsp3) is 0.136. The number of sulfonamides is 1. The van der Waals surface area contributed by atoms with E-state index in [1.54, 1.807) is 18.2 Å². The summed E-state index contributed by atoms with van der Waals surface area (Å²) in [6.45, 7) is 1.34. The van der Waals surface area contributed by atoms with Crippen LogP contribution in [0, 0.1) is 5.82 Å². The molecule has 1 amide bonds. The number of halogens is 1. The topological polar surface area (TPSA) is 66.5 Å². The van der Waals surface area contributed by atoms with Crippen LogP contribution in [0.4, 0.5) is 10.1 Å². The maximum absolute atomic E-state index is 13.8. The Labute approximate surface area is 169 Å². The summed E-state index contributed by atoms with van der Waals surface area (Å²) in [4.78, 5) is 12.7. The number of hydrogen-bond acceptors (Lipinski definition) is 3. The number of hydrogen-bond donors (Lipinski definition) is 1. The fourth-order valence-electron chi connectivity index (χ4n) is 2.91. The van der Waals surface area contributed by atoms with Gasteiger partial charge < -0.3 is 5.32 Å². The van der Waals surface area contributed by atoms with Crippen LogP contribution in [0.5, 0.6) is 0 Å². The number of amides is 1. The average Bonchev–Trinajstić information content (AvgIpc) is 2.73. The predicted octanol–water partition coefficient (Wildman–Crippen LogP) is 3.90. The van der Waals surface area contributed by atoms with Crippen molar-refractivity contribution in [3.63, 3.8) is 0 Å². The third-order valence-corrected chi connectivity index (χ3v) is 6.18. The van der Waals surface area contributed by atoms with Gasteiger partial charge in [-0.1, -0.05) is 54.6 Å². The van der Waals surface area contributed by atoms with E-state index in [2.05, 4.69) is 5.32 Å². The largest absolute Gasteiger partial charge is 0.348 e. The van der Waals surface area contributed by atoms with Crippen LogP contribution < -0.4 is 9.62 Å². The summed E-state index contributed by atoms with van der Waals surface area (Å²) in [6.07, 6.45) is 0. The summed E-state index contributed by atoms with van der Waals surface area (Å²) >= 11 is 0. The number of anilines is 1. The smallest absolute Gasteiger partial charge is 0.264 e. The molecule has 0 bridgehead atoms. The molecule has 29 heavy (non-hydrogen) atoms. The summed E-state index contributed by atoms with van der Waals surface area (Å²) in [5, 5.41) is 2.80. The van der Waals surface area contributed by atoms with Crippen molar-refractivity contribution in [3.8, 4) is 0 Å². The number of rotatable bonds is 7. The first-order valence-electron chi connectivity index (χ1n) is 9.05. The van der Waals surface area contributed by atoms with Crippen molar-refractivity contribution >= 4 is 21.6 Å². The molecule has 0 saturated heterocycles. The Kier molecular flexibility index (Phi) is 6.29. The second kappa shape index (κ2) is 8.87. The molecule has 0 unspecified atom stereocenters. The zero-order valence-electron chi connectivity index (χ0n) is 15.8. The van der Waals surface area contributed by atoms with Crippen LogP contribution in [0.3, 0.4) is 0 Å². The van der Waals surface area contributed by atoms with Crippen molar-refractivity contribution in [3.05, 3.63) is 96.3 Å². The van der Waals surface area contributed by atoms with E-state index < -0.39 is 28.3 Å². The van der Waals surface area contributed by atoms with Crippen LogP contribution in [0.1, 0.15) is 18.5 Å². The Morgan fingerprint density at radius 1 is 0.966 bits per heavy atom. The fourth-order valence-corrected chi connectivity index (χ4v) is 4.34. The molecule has 1 atom stereocenters. The molecule has 7 heteroatoms. The Balaban J connectivity index is 1.89. The van der Waals surface area contributed by atoms with E-state index in [9.17, 15) is 17.6 Å².